The van der Waals surface area contributed by atoms with E-state index in [2.05, 4.69) is 19.6 Å². The number of carbonyl (C=O) groups is 3. The van der Waals surface area contributed by atoms with E-state index in [1.54, 1.807) is 24.3 Å². The molecule has 30 heavy (non-hydrogen) atoms. The summed E-state index contributed by atoms with van der Waals surface area (Å²) < 4.78 is 5.39. The maximum atomic E-state index is 12.4. The summed E-state index contributed by atoms with van der Waals surface area (Å²) in [6.07, 6.45) is 12.3. The number of anilines is 1. The lowest BCUT2D eigenvalue weighted by atomic mass is 10.1. The van der Waals surface area contributed by atoms with Gasteiger partial charge in [-0.25, -0.2) is 4.79 Å². The van der Waals surface area contributed by atoms with E-state index >= 15 is 0 Å². The van der Waals surface area contributed by atoms with Crippen LogP contribution in [-0.2, 0) is 14.3 Å². The van der Waals surface area contributed by atoms with Gasteiger partial charge >= 0.3 is 5.97 Å². The number of nitrogens with zero attached hydrogens (tertiary/aromatic N) is 1. The third kappa shape index (κ3) is 7.46. The first kappa shape index (κ1) is 24.4. The summed E-state index contributed by atoms with van der Waals surface area (Å²) in [7, 11) is 0. The van der Waals surface area contributed by atoms with E-state index in [-0.39, 0.29) is 24.0 Å². The molecular weight excluding hydrogens is 398 g/mol. The molecule has 1 fully saturated rings. The fourth-order valence-corrected chi connectivity index (χ4v) is 4.07. The summed E-state index contributed by atoms with van der Waals surface area (Å²) in [5.41, 5.74) is 0.945. The van der Waals surface area contributed by atoms with Gasteiger partial charge in [-0.15, -0.1) is 0 Å². The number of rotatable bonds is 14. The van der Waals surface area contributed by atoms with Gasteiger partial charge in [0.25, 0.3) is 0 Å². The van der Waals surface area contributed by atoms with Crippen LogP contribution in [0, 0.1) is 5.92 Å². The molecule has 1 aliphatic heterocycles. The van der Waals surface area contributed by atoms with E-state index < -0.39 is 11.9 Å². The number of amides is 1. The Labute approximate surface area is 186 Å². The molecule has 0 aliphatic carbocycles. The topological polar surface area (TPSA) is 63.7 Å². The van der Waals surface area contributed by atoms with E-state index in [0.717, 1.165) is 12.8 Å². The van der Waals surface area contributed by atoms with Crippen LogP contribution >= 0.6 is 12.6 Å². The first-order chi connectivity index (χ1) is 14.6. The molecule has 2 rings (SSSR count). The van der Waals surface area contributed by atoms with Crippen LogP contribution in [0.2, 0.25) is 0 Å². The number of thiol groups is 1. The molecule has 0 radical (unpaired) electrons. The van der Waals surface area contributed by atoms with E-state index in [1.165, 1.54) is 56.3 Å². The number of carbonyl (C=O) groups excluding carboxylic acids is 3. The number of ketones is 1. The van der Waals surface area contributed by atoms with Gasteiger partial charge in [-0.05, 0) is 24.6 Å². The van der Waals surface area contributed by atoms with Crippen LogP contribution in [0.4, 0.5) is 5.69 Å². The average Bonchev–Trinajstić information content (AvgIpc) is 3.05. The molecule has 0 saturated carbocycles. The Morgan fingerprint density at radius 1 is 1.03 bits per heavy atom. The van der Waals surface area contributed by atoms with E-state index in [1.807, 2.05) is 0 Å². The van der Waals surface area contributed by atoms with E-state index in [4.69, 9.17) is 4.74 Å². The number of hydrogen-bond donors (Lipinski definition) is 1. The highest BCUT2D eigenvalue weighted by Crippen LogP contribution is 2.25. The van der Waals surface area contributed by atoms with Crippen molar-refractivity contribution in [2.45, 2.75) is 71.1 Å². The van der Waals surface area contributed by atoms with Gasteiger partial charge in [-0.2, -0.15) is 12.6 Å². The van der Waals surface area contributed by atoms with Gasteiger partial charge in [0.15, 0.2) is 5.78 Å². The number of Topliss-reactive ketones (excluding diaryl/α,β-unsaturated/α-hetero) is 1. The highest BCUT2D eigenvalue weighted by Gasteiger charge is 2.38. The molecule has 1 saturated heterocycles. The van der Waals surface area contributed by atoms with Crippen molar-refractivity contribution in [3.8, 4) is 0 Å². The summed E-state index contributed by atoms with van der Waals surface area (Å²) in [5, 5.41) is 0. The van der Waals surface area contributed by atoms with E-state index in [0.29, 0.717) is 17.9 Å². The van der Waals surface area contributed by atoms with Crippen molar-refractivity contribution < 1.29 is 19.1 Å². The molecular formula is C24H35NO4S. The van der Waals surface area contributed by atoms with Crippen molar-refractivity contribution >= 4 is 36.0 Å². The number of unbranched alkanes of at least 4 members (excludes halogenated alkanes) is 9. The maximum absolute atomic E-state index is 12.4. The summed E-state index contributed by atoms with van der Waals surface area (Å²) in [5.74, 6) is -1.28. The zero-order valence-electron chi connectivity index (χ0n) is 18.1. The zero-order valence-corrected chi connectivity index (χ0v) is 19.0. The third-order valence-corrected chi connectivity index (χ3v) is 5.94. The maximum Gasteiger partial charge on any atom is 0.338 e. The Morgan fingerprint density at radius 2 is 1.67 bits per heavy atom. The minimum atomic E-state index is -0.694. The quantitative estimate of drug-likeness (QED) is 0.189. The smallest absolute Gasteiger partial charge is 0.338 e. The molecule has 6 heteroatoms. The van der Waals surface area contributed by atoms with Gasteiger partial charge in [0, 0.05) is 11.4 Å². The Hall–Kier alpha value is -1.82. The Balaban J connectivity index is 1.67. The van der Waals surface area contributed by atoms with E-state index in [9.17, 15) is 14.4 Å². The molecule has 1 amide bonds. The van der Waals surface area contributed by atoms with Crippen molar-refractivity contribution in [1.82, 2.24) is 0 Å². The minimum absolute atomic E-state index is 0.0289. The van der Waals surface area contributed by atoms with Crippen molar-refractivity contribution in [1.29, 1.82) is 0 Å². The molecule has 1 aromatic rings. The Bertz CT molecular complexity index is 706. The fraction of sp³-hybridized carbons (Fsp3) is 0.625. The van der Waals surface area contributed by atoms with Crippen LogP contribution in [-0.4, -0.2) is 36.6 Å². The second kappa shape index (κ2) is 13.5. The largest absolute Gasteiger partial charge is 0.462 e. The summed E-state index contributed by atoms with van der Waals surface area (Å²) in [6.45, 7) is 2.67. The molecule has 0 N–H and O–H groups in total. The molecule has 1 aromatic carbocycles. The van der Waals surface area contributed by atoms with Crippen molar-refractivity contribution in [3.05, 3.63) is 29.8 Å². The fourth-order valence-electron chi connectivity index (χ4n) is 3.71. The van der Waals surface area contributed by atoms with Crippen LogP contribution in [0.15, 0.2) is 24.3 Å². The number of ether oxygens (including phenoxy) is 1. The predicted molar refractivity (Wildman–Crippen MR) is 123 cm³/mol. The minimum Gasteiger partial charge on any atom is -0.462 e. The van der Waals surface area contributed by atoms with Crippen LogP contribution in [0.3, 0.4) is 0 Å². The SMILES string of the molecule is CCCCCCCCCCCCOC(=O)c1cccc(N2CC(=O)C(CS)C2=O)c1. The number of esters is 1. The summed E-state index contributed by atoms with van der Waals surface area (Å²) >= 11 is 4.09. The van der Waals surface area contributed by atoms with Crippen LogP contribution < -0.4 is 4.90 Å². The van der Waals surface area contributed by atoms with Crippen LogP contribution in [0.25, 0.3) is 0 Å². The van der Waals surface area contributed by atoms with Crippen molar-refractivity contribution in [2.75, 3.05) is 23.8 Å². The third-order valence-electron chi connectivity index (χ3n) is 5.57. The number of benzene rings is 1. The van der Waals surface area contributed by atoms with Crippen molar-refractivity contribution in [2.24, 2.45) is 5.92 Å². The average molecular weight is 434 g/mol. The van der Waals surface area contributed by atoms with Crippen LogP contribution in [0.1, 0.15) is 81.5 Å². The van der Waals surface area contributed by atoms with Gasteiger partial charge in [0.2, 0.25) is 5.91 Å². The predicted octanol–water partition coefficient (Wildman–Crippen LogP) is 5.23. The van der Waals surface area contributed by atoms with Gasteiger partial charge in [-0.1, -0.05) is 70.8 Å². The first-order valence-electron chi connectivity index (χ1n) is 11.3. The Kier molecular flexibility index (Phi) is 11.0. The highest BCUT2D eigenvalue weighted by molar-refractivity contribution is 7.80. The normalized spacial score (nSPS) is 16.3. The highest BCUT2D eigenvalue weighted by atomic mass is 32.1. The van der Waals surface area contributed by atoms with Gasteiger partial charge in [-0.3, -0.25) is 9.59 Å². The molecule has 166 valence electrons. The molecule has 1 unspecified atom stereocenters. The molecule has 0 spiro atoms. The molecule has 0 bridgehead atoms. The first-order valence-corrected chi connectivity index (χ1v) is 11.9. The molecule has 1 aliphatic rings. The van der Waals surface area contributed by atoms with Crippen LogP contribution in [0.5, 0.6) is 0 Å². The van der Waals surface area contributed by atoms with Gasteiger partial charge in [0.05, 0.1) is 18.7 Å². The molecule has 5 nitrogen and oxygen atoms in total. The molecule has 0 aromatic heterocycles. The lowest BCUT2D eigenvalue weighted by molar-refractivity contribution is -0.125. The summed E-state index contributed by atoms with van der Waals surface area (Å²) in [6, 6.07) is 6.72. The summed E-state index contributed by atoms with van der Waals surface area (Å²) in [4.78, 5) is 38.0. The molecule has 1 heterocycles. The van der Waals surface area contributed by atoms with Gasteiger partial charge in [0.1, 0.15) is 5.92 Å². The van der Waals surface area contributed by atoms with Gasteiger partial charge < -0.3 is 9.64 Å². The number of hydrogen-bond acceptors (Lipinski definition) is 5. The van der Waals surface area contributed by atoms with Crippen molar-refractivity contribution in [3.63, 3.8) is 0 Å². The Morgan fingerprint density at radius 3 is 2.27 bits per heavy atom. The molecule has 1 atom stereocenters. The monoisotopic (exact) mass is 433 g/mol. The standard InChI is InChI=1S/C24H35NO4S/c1-2-3-4-5-6-7-8-9-10-11-15-29-24(28)19-13-12-14-20(16-19)25-17-22(26)21(18-30)23(25)27/h12-14,16,21,30H,2-11,15,17-18H2,1H3. The lowest BCUT2D eigenvalue weighted by Crippen LogP contribution is -2.27. The second-order valence-electron chi connectivity index (χ2n) is 7.99. The lowest BCUT2D eigenvalue weighted by Gasteiger charge is -2.16. The second-order valence-corrected chi connectivity index (χ2v) is 8.36. The zero-order chi connectivity index (χ0) is 21.8.